The van der Waals surface area contributed by atoms with Crippen molar-refractivity contribution in [3.8, 4) is 11.1 Å². The summed E-state index contributed by atoms with van der Waals surface area (Å²) in [4.78, 5) is 0. The molecule has 0 N–H and O–H groups in total. The van der Waals surface area contributed by atoms with Crippen LogP contribution in [0.25, 0.3) is 43.4 Å². The molecule has 0 atom stereocenters. The van der Waals surface area contributed by atoms with E-state index in [4.69, 9.17) is 0 Å². The Bertz CT molecular complexity index is 2130. The molecule has 0 fully saturated rings. The van der Waals surface area contributed by atoms with Crippen molar-refractivity contribution in [1.29, 1.82) is 0 Å². The van der Waals surface area contributed by atoms with E-state index in [2.05, 4.69) is 185 Å². The Morgan fingerprint density at radius 3 is 1.47 bits per heavy atom. The summed E-state index contributed by atoms with van der Waals surface area (Å²) in [6, 6.07) is 58.6. The van der Waals surface area contributed by atoms with Crippen molar-refractivity contribution >= 4 is 35.5 Å². The Morgan fingerprint density at radius 2 is 0.980 bits per heavy atom. The van der Waals surface area contributed by atoms with Gasteiger partial charge in [-0.25, -0.2) is 0 Å². The summed E-state index contributed by atoms with van der Waals surface area (Å²) in [6.07, 6.45) is 2.22. The molecule has 0 saturated heterocycles. The SMILES string of the molecule is CCc1ccc2c(c1)[cH-]c1cc(CC)ccc12.Cc1cc2c(-c3ccccc3)cccc2[cH-]1.[Cl-].[Cl-].[Zr+2]=[C](c1ccccc1)c1ccccc1. The van der Waals surface area contributed by atoms with Crippen molar-refractivity contribution in [2.75, 3.05) is 0 Å². The minimum absolute atomic E-state index is 0. The Labute approximate surface area is 318 Å². The summed E-state index contributed by atoms with van der Waals surface area (Å²) in [7, 11) is 0. The number of aryl methyl sites for hydroxylation is 3. The maximum atomic E-state index is 2.32. The fourth-order valence-corrected chi connectivity index (χ4v) is 7.01. The van der Waals surface area contributed by atoms with E-state index >= 15 is 0 Å². The zero-order valence-electron chi connectivity index (χ0n) is 28.3. The summed E-state index contributed by atoms with van der Waals surface area (Å²) in [6.45, 7) is 6.56. The third kappa shape index (κ3) is 9.23. The van der Waals surface area contributed by atoms with E-state index in [1.165, 1.54) is 98.7 Å². The second-order valence-electron chi connectivity index (χ2n) is 12.0. The van der Waals surface area contributed by atoms with E-state index in [1.807, 2.05) is 0 Å². The molecule has 0 unspecified atom stereocenters. The molecule has 0 amide bonds. The van der Waals surface area contributed by atoms with Crippen molar-refractivity contribution in [3.63, 3.8) is 0 Å². The summed E-state index contributed by atoms with van der Waals surface area (Å²) in [5.41, 5.74) is 9.45. The van der Waals surface area contributed by atoms with Crippen LogP contribution in [0.1, 0.15) is 41.7 Å². The monoisotopic (exact) mass is 752 g/mol. The van der Waals surface area contributed by atoms with Crippen LogP contribution in [0.15, 0.2) is 164 Å². The first-order chi connectivity index (χ1) is 23.0. The number of hydrogen-bond acceptors (Lipinski definition) is 0. The average Bonchev–Trinajstić information content (AvgIpc) is 3.71. The third-order valence-corrected chi connectivity index (χ3v) is 10.2. The van der Waals surface area contributed by atoms with Crippen LogP contribution in [0.5, 0.6) is 0 Å². The molecule has 0 nitrogen and oxygen atoms in total. The number of benzene rings is 6. The molecule has 8 aromatic carbocycles. The Morgan fingerprint density at radius 1 is 0.490 bits per heavy atom. The first-order valence-electron chi connectivity index (χ1n) is 16.6. The van der Waals surface area contributed by atoms with Crippen LogP contribution in [0.2, 0.25) is 0 Å². The topological polar surface area (TPSA) is 0 Å². The second-order valence-corrected chi connectivity index (χ2v) is 13.2. The van der Waals surface area contributed by atoms with Crippen LogP contribution in [0, 0.1) is 6.92 Å². The molecule has 0 bridgehead atoms. The van der Waals surface area contributed by atoms with Gasteiger partial charge in [-0.05, 0) is 18.4 Å². The maximum absolute atomic E-state index is 2.32. The van der Waals surface area contributed by atoms with E-state index in [-0.39, 0.29) is 24.8 Å². The van der Waals surface area contributed by atoms with Crippen LogP contribution in [-0.2, 0) is 37.1 Å². The standard InChI is InChI=1S/C17H17.C16H13.C13H10.2ClH.Zr/c1-3-12-5-7-16-14(9-12)11-15-10-13(4-2)6-8-17(15)16;1-12-10-14-8-5-9-15(16(14)11-12)13-6-3-2-4-7-13;1-3-7-12(8-4-1)11-13-9-5-2-6-10-13;;;/h5-11H,3-4H2,1-2H3;2-11H,1H3;1-10H;2*1H;/q2*-1;;;;+2/p-2. The predicted molar refractivity (Wildman–Crippen MR) is 202 cm³/mol. The van der Waals surface area contributed by atoms with Gasteiger partial charge in [-0.2, -0.15) is 6.07 Å². The average molecular weight is 755 g/mol. The summed E-state index contributed by atoms with van der Waals surface area (Å²) < 4.78 is 1.42. The van der Waals surface area contributed by atoms with Crippen LogP contribution >= 0.6 is 0 Å². The molecule has 8 aromatic rings. The molecule has 0 saturated carbocycles. The number of rotatable bonds is 5. The van der Waals surface area contributed by atoms with Gasteiger partial charge in [-0.1, -0.05) is 98.1 Å². The van der Waals surface area contributed by atoms with Crippen molar-refractivity contribution in [1.82, 2.24) is 0 Å². The van der Waals surface area contributed by atoms with Crippen LogP contribution < -0.4 is 24.8 Å². The van der Waals surface area contributed by atoms with Gasteiger partial charge in [0.05, 0.1) is 0 Å². The first kappa shape index (κ1) is 37.9. The number of halogens is 2. The molecular formula is C46H40Cl2Zr-2. The van der Waals surface area contributed by atoms with Crippen molar-refractivity contribution in [2.45, 2.75) is 33.6 Å². The fraction of sp³-hybridized carbons (Fsp3) is 0.109. The molecule has 49 heavy (non-hydrogen) atoms. The quantitative estimate of drug-likeness (QED) is 0.184. The van der Waals surface area contributed by atoms with E-state index < -0.39 is 0 Å². The molecular weight excluding hydrogens is 715 g/mol. The van der Waals surface area contributed by atoms with Gasteiger partial charge < -0.3 is 24.8 Å². The van der Waals surface area contributed by atoms with Gasteiger partial charge in [0.25, 0.3) is 0 Å². The Kier molecular flexibility index (Phi) is 14.1. The van der Waals surface area contributed by atoms with E-state index in [0.29, 0.717) is 0 Å². The molecule has 0 heterocycles. The van der Waals surface area contributed by atoms with Crippen LogP contribution in [0.3, 0.4) is 0 Å². The summed E-state index contributed by atoms with van der Waals surface area (Å²) >= 11 is 1.46. The van der Waals surface area contributed by atoms with Crippen LogP contribution in [0.4, 0.5) is 0 Å². The van der Waals surface area contributed by atoms with E-state index in [0.717, 1.165) is 12.8 Å². The number of fused-ring (bicyclic) bond motifs is 4. The molecule has 3 heteroatoms. The molecule has 0 radical (unpaired) electrons. The van der Waals surface area contributed by atoms with Gasteiger partial charge >= 0.3 is 99.2 Å². The van der Waals surface area contributed by atoms with Gasteiger partial charge in [0.2, 0.25) is 0 Å². The normalized spacial score (nSPS) is 10.3. The van der Waals surface area contributed by atoms with Gasteiger partial charge in [0.1, 0.15) is 0 Å². The predicted octanol–water partition coefficient (Wildman–Crippen LogP) is 6.18. The van der Waals surface area contributed by atoms with Gasteiger partial charge in [-0.15, -0.1) is 74.3 Å². The van der Waals surface area contributed by atoms with Crippen LogP contribution in [-0.4, -0.2) is 3.21 Å². The van der Waals surface area contributed by atoms with Crippen molar-refractivity contribution in [3.05, 3.63) is 192 Å². The molecule has 0 aliphatic heterocycles. The number of hydrogen-bond donors (Lipinski definition) is 0. The first-order valence-corrected chi connectivity index (χ1v) is 17.8. The second kappa shape index (κ2) is 18.2. The molecule has 0 aliphatic rings. The molecule has 0 aliphatic carbocycles. The zero-order chi connectivity index (χ0) is 32.6. The van der Waals surface area contributed by atoms with Gasteiger partial charge in [-0.3, -0.25) is 0 Å². The summed E-state index contributed by atoms with van der Waals surface area (Å²) in [5.74, 6) is 0. The third-order valence-electron chi connectivity index (χ3n) is 8.75. The van der Waals surface area contributed by atoms with E-state index in [9.17, 15) is 0 Å². The van der Waals surface area contributed by atoms with Gasteiger partial charge in [0, 0.05) is 0 Å². The molecule has 8 rings (SSSR count). The van der Waals surface area contributed by atoms with E-state index in [1.54, 1.807) is 0 Å². The zero-order valence-corrected chi connectivity index (χ0v) is 32.2. The molecule has 244 valence electrons. The Hall–Kier alpha value is -3.87. The van der Waals surface area contributed by atoms with Gasteiger partial charge in [0.15, 0.2) is 0 Å². The fourth-order valence-electron chi connectivity index (χ4n) is 6.19. The van der Waals surface area contributed by atoms with Crippen molar-refractivity contribution < 1.29 is 49.0 Å². The Balaban J connectivity index is 0.000000163. The minimum atomic E-state index is 0. The molecule has 0 spiro atoms. The summed E-state index contributed by atoms with van der Waals surface area (Å²) in [5, 5.41) is 8.23. The molecule has 0 aromatic heterocycles. The van der Waals surface area contributed by atoms with Crippen molar-refractivity contribution in [2.24, 2.45) is 0 Å².